The Bertz CT molecular complexity index is 1200. The fraction of sp³-hybridized carbons (Fsp3) is 0.474. The van der Waals surface area contributed by atoms with E-state index in [2.05, 4.69) is 29.7 Å². The maximum absolute atomic E-state index is 13.1. The van der Waals surface area contributed by atoms with Crippen molar-refractivity contribution in [2.24, 2.45) is 5.92 Å². The highest BCUT2D eigenvalue weighted by Gasteiger charge is 2.24. The number of anilines is 1. The highest BCUT2D eigenvalue weighted by atomic mass is 32.2. The van der Waals surface area contributed by atoms with Gasteiger partial charge in [0, 0.05) is 39.8 Å². The van der Waals surface area contributed by atoms with Gasteiger partial charge in [-0.1, -0.05) is 0 Å². The van der Waals surface area contributed by atoms with Crippen molar-refractivity contribution in [3.05, 3.63) is 36.4 Å². The van der Waals surface area contributed by atoms with Gasteiger partial charge < -0.3 is 4.90 Å². The molecule has 1 aliphatic heterocycles. The van der Waals surface area contributed by atoms with Gasteiger partial charge in [-0.3, -0.25) is 0 Å². The SMILES string of the molecule is CN(C)S(=O)(=O)NCC1CCCN(c2cc(-c3cnc4ccc(C(F)F)nn34)ncn2)C1. The number of alkyl halides is 2. The Morgan fingerprint density at radius 1 is 1.25 bits per heavy atom. The molecule has 10 nitrogen and oxygen atoms in total. The zero-order valence-corrected chi connectivity index (χ0v) is 18.5. The molecule has 1 unspecified atom stereocenters. The lowest BCUT2D eigenvalue weighted by atomic mass is 9.98. The van der Waals surface area contributed by atoms with Gasteiger partial charge in [0.1, 0.15) is 23.5 Å². The van der Waals surface area contributed by atoms with Crippen LogP contribution in [0.2, 0.25) is 0 Å². The Morgan fingerprint density at radius 2 is 2.06 bits per heavy atom. The Balaban J connectivity index is 1.54. The monoisotopic (exact) mass is 466 g/mol. The van der Waals surface area contributed by atoms with Gasteiger partial charge in [-0.2, -0.15) is 17.8 Å². The lowest BCUT2D eigenvalue weighted by Gasteiger charge is -2.33. The number of fused-ring (bicyclic) bond motifs is 1. The number of hydrogen-bond donors (Lipinski definition) is 1. The van der Waals surface area contributed by atoms with Crippen LogP contribution in [-0.4, -0.2) is 71.0 Å². The molecule has 4 rings (SSSR count). The molecular formula is C19H24F2N8O2S. The fourth-order valence-corrected chi connectivity index (χ4v) is 4.34. The zero-order chi connectivity index (χ0) is 22.9. The second-order valence-electron chi connectivity index (χ2n) is 7.82. The van der Waals surface area contributed by atoms with E-state index in [0.29, 0.717) is 35.9 Å². The molecule has 13 heteroatoms. The molecule has 0 spiro atoms. The van der Waals surface area contributed by atoms with Gasteiger partial charge >= 0.3 is 0 Å². The summed E-state index contributed by atoms with van der Waals surface area (Å²) in [5.41, 5.74) is 1.09. The average Bonchev–Trinajstić information content (AvgIpc) is 3.21. The second kappa shape index (κ2) is 9.00. The van der Waals surface area contributed by atoms with E-state index in [1.807, 2.05) is 0 Å². The van der Waals surface area contributed by atoms with Crippen LogP contribution in [0, 0.1) is 5.92 Å². The van der Waals surface area contributed by atoms with Crippen molar-refractivity contribution in [3.63, 3.8) is 0 Å². The maximum atomic E-state index is 13.1. The minimum absolute atomic E-state index is 0.128. The lowest BCUT2D eigenvalue weighted by Crippen LogP contribution is -2.43. The summed E-state index contributed by atoms with van der Waals surface area (Å²) >= 11 is 0. The van der Waals surface area contributed by atoms with E-state index in [0.717, 1.165) is 23.7 Å². The Labute approximate surface area is 184 Å². The quantitative estimate of drug-likeness (QED) is 0.565. The van der Waals surface area contributed by atoms with Gasteiger partial charge in [-0.05, 0) is 30.9 Å². The first-order valence-corrected chi connectivity index (χ1v) is 11.6. The Kier molecular flexibility index (Phi) is 6.31. The molecule has 0 aromatic carbocycles. The van der Waals surface area contributed by atoms with E-state index >= 15 is 0 Å². The minimum atomic E-state index is -3.48. The van der Waals surface area contributed by atoms with Gasteiger partial charge in [0.25, 0.3) is 16.6 Å². The predicted octanol–water partition coefficient (Wildman–Crippen LogP) is 1.74. The smallest absolute Gasteiger partial charge is 0.282 e. The van der Waals surface area contributed by atoms with Crippen LogP contribution in [-0.2, 0) is 10.2 Å². The third-order valence-electron chi connectivity index (χ3n) is 5.40. The number of imidazole rings is 1. The molecule has 3 aromatic heterocycles. The van der Waals surface area contributed by atoms with E-state index in [4.69, 9.17) is 0 Å². The lowest BCUT2D eigenvalue weighted by molar-refractivity contribution is 0.144. The van der Waals surface area contributed by atoms with Crippen molar-refractivity contribution in [1.82, 2.24) is 33.6 Å². The molecule has 1 fully saturated rings. The molecule has 4 heterocycles. The predicted molar refractivity (Wildman–Crippen MR) is 115 cm³/mol. The van der Waals surface area contributed by atoms with Crippen molar-refractivity contribution in [2.45, 2.75) is 19.3 Å². The fourth-order valence-electron chi connectivity index (χ4n) is 3.63. The van der Waals surface area contributed by atoms with Gasteiger partial charge in [-0.15, -0.1) is 0 Å². The van der Waals surface area contributed by atoms with Gasteiger partial charge in [0.2, 0.25) is 0 Å². The van der Waals surface area contributed by atoms with Crippen molar-refractivity contribution in [2.75, 3.05) is 38.6 Å². The van der Waals surface area contributed by atoms with Crippen molar-refractivity contribution in [1.29, 1.82) is 0 Å². The number of nitrogens with one attached hydrogen (secondary N) is 1. The van der Waals surface area contributed by atoms with E-state index < -0.39 is 16.6 Å². The molecule has 0 radical (unpaired) electrons. The van der Waals surface area contributed by atoms with Crippen molar-refractivity contribution < 1.29 is 17.2 Å². The summed E-state index contributed by atoms with van der Waals surface area (Å²) in [6.45, 7) is 1.74. The van der Waals surface area contributed by atoms with Gasteiger partial charge in [0.15, 0.2) is 5.65 Å². The van der Waals surface area contributed by atoms with Crippen LogP contribution in [0.1, 0.15) is 25.0 Å². The third kappa shape index (κ3) is 4.69. The first-order valence-electron chi connectivity index (χ1n) is 10.1. The number of nitrogens with zero attached hydrogens (tertiary/aromatic N) is 7. The summed E-state index contributed by atoms with van der Waals surface area (Å²) < 4.78 is 55.3. The molecule has 32 heavy (non-hydrogen) atoms. The van der Waals surface area contributed by atoms with Crippen LogP contribution in [0.25, 0.3) is 17.0 Å². The average molecular weight is 467 g/mol. The number of rotatable bonds is 7. The summed E-state index contributed by atoms with van der Waals surface area (Å²) in [6, 6.07) is 4.51. The van der Waals surface area contributed by atoms with Crippen LogP contribution in [0.15, 0.2) is 30.7 Å². The highest BCUT2D eigenvalue weighted by Crippen LogP contribution is 2.26. The normalized spacial score (nSPS) is 17.6. The molecule has 0 amide bonds. The summed E-state index contributed by atoms with van der Waals surface area (Å²) in [6.07, 6.45) is 2.06. The molecule has 0 bridgehead atoms. The van der Waals surface area contributed by atoms with E-state index in [1.54, 1.807) is 12.3 Å². The molecule has 1 atom stereocenters. The number of aromatic nitrogens is 5. The minimum Gasteiger partial charge on any atom is -0.356 e. The van der Waals surface area contributed by atoms with Crippen LogP contribution in [0.3, 0.4) is 0 Å². The standard InChI is InChI=1S/C19H24F2N8O2S/c1-27(2)32(30,31)25-9-13-4-3-7-28(11-13)18-8-15(23-12-24-18)16-10-22-17-6-5-14(19(20)21)26-29(16)17/h5-6,8,10,12-13,19,25H,3-4,7,9,11H2,1-2H3. The molecule has 0 saturated carbocycles. The van der Waals surface area contributed by atoms with Gasteiger partial charge in [0.05, 0.1) is 11.9 Å². The van der Waals surface area contributed by atoms with Crippen LogP contribution in [0.4, 0.5) is 14.6 Å². The Hall–Kier alpha value is -2.77. The number of piperidine rings is 1. The summed E-state index contributed by atoms with van der Waals surface area (Å²) in [5, 5.41) is 3.99. The maximum Gasteiger partial charge on any atom is 0.282 e. The third-order valence-corrected chi connectivity index (χ3v) is 6.89. The number of halogens is 2. The molecule has 1 saturated heterocycles. The first kappa shape index (κ1) is 22.4. The molecule has 1 aliphatic rings. The molecule has 0 aliphatic carbocycles. The van der Waals surface area contributed by atoms with Gasteiger partial charge in [-0.25, -0.2) is 33.0 Å². The molecular weight excluding hydrogens is 442 g/mol. The van der Waals surface area contributed by atoms with Crippen LogP contribution in [0.5, 0.6) is 0 Å². The highest BCUT2D eigenvalue weighted by molar-refractivity contribution is 7.87. The van der Waals surface area contributed by atoms with Crippen molar-refractivity contribution >= 4 is 21.7 Å². The van der Waals surface area contributed by atoms with Crippen LogP contribution >= 0.6 is 0 Å². The van der Waals surface area contributed by atoms with E-state index in [1.165, 1.54) is 37.1 Å². The second-order valence-corrected chi connectivity index (χ2v) is 9.79. The van der Waals surface area contributed by atoms with Crippen LogP contribution < -0.4 is 9.62 Å². The first-order chi connectivity index (χ1) is 15.2. The molecule has 172 valence electrons. The molecule has 3 aromatic rings. The van der Waals surface area contributed by atoms with Crippen molar-refractivity contribution in [3.8, 4) is 11.4 Å². The number of hydrogen-bond acceptors (Lipinski definition) is 7. The largest absolute Gasteiger partial charge is 0.356 e. The summed E-state index contributed by atoms with van der Waals surface area (Å²) in [4.78, 5) is 15.0. The zero-order valence-electron chi connectivity index (χ0n) is 17.7. The summed E-state index contributed by atoms with van der Waals surface area (Å²) in [7, 11) is -0.511. The Morgan fingerprint density at radius 3 is 2.81 bits per heavy atom. The molecule has 1 N–H and O–H groups in total. The van der Waals surface area contributed by atoms with E-state index in [-0.39, 0.29) is 11.6 Å². The van der Waals surface area contributed by atoms with E-state index in [9.17, 15) is 17.2 Å². The summed E-state index contributed by atoms with van der Waals surface area (Å²) in [5.74, 6) is 0.804. The topological polar surface area (TPSA) is 109 Å².